The van der Waals surface area contributed by atoms with E-state index in [9.17, 15) is 0 Å². The minimum Gasteiger partial charge on any atom is -0.357 e. The Morgan fingerprint density at radius 1 is 1.14 bits per heavy atom. The van der Waals surface area contributed by atoms with E-state index in [1.165, 1.54) is 31.2 Å². The Labute approximate surface area is 181 Å². The first-order chi connectivity index (χ1) is 14.1. The Kier molecular flexibility index (Phi) is 8.64. The van der Waals surface area contributed by atoms with Crippen LogP contribution >= 0.6 is 11.6 Å². The fourth-order valence-corrected chi connectivity index (χ4v) is 4.65. The Hall–Kier alpha value is -1.30. The number of rotatable bonds is 7. The molecule has 6 heteroatoms. The van der Waals surface area contributed by atoms with Crippen LogP contribution in [0.15, 0.2) is 29.3 Å². The minimum atomic E-state index is 0.287. The van der Waals surface area contributed by atoms with Crippen LogP contribution in [0.4, 0.5) is 0 Å². The van der Waals surface area contributed by atoms with E-state index in [1.807, 2.05) is 6.07 Å². The zero-order chi connectivity index (χ0) is 20.6. The zero-order valence-corrected chi connectivity index (χ0v) is 19.1. The molecule has 1 aromatic carbocycles. The molecular formula is C23H38ClN5. The summed E-state index contributed by atoms with van der Waals surface area (Å²) < 4.78 is 0. The molecule has 1 unspecified atom stereocenters. The van der Waals surface area contributed by atoms with Crippen LogP contribution in [0.1, 0.15) is 58.1 Å². The van der Waals surface area contributed by atoms with Crippen LogP contribution in [0.2, 0.25) is 5.02 Å². The van der Waals surface area contributed by atoms with Crippen molar-refractivity contribution >= 4 is 17.6 Å². The number of hydrogen-bond donors (Lipinski definition) is 2. The van der Waals surface area contributed by atoms with Gasteiger partial charge in [0.2, 0.25) is 0 Å². The monoisotopic (exact) mass is 419 g/mol. The number of likely N-dealkylation sites (tertiary alicyclic amines) is 2. The first-order valence-electron chi connectivity index (χ1n) is 11.3. The van der Waals surface area contributed by atoms with Gasteiger partial charge in [-0.3, -0.25) is 9.89 Å². The highest BCUT2D eigenvalue weighted by Gasteiger charge is 2.25. The molecule has 0 aromatic heterocycles. The van der Waals surface area contributed by atoms with Gasteiger partial charge in [0.05, 0.1) is 12.6 Å². The maximum absolute atomic E-state index is 6.29. The summed E-state index contributed by atoms with van der Waals surface area (Å²) in [5.74, 6) is 0.946. The number of piperidine rings is 1. The highest BCUT2D eigenvalue weighted by Crippen LogP contribution is 2.27. The van der Waals surface area contributed by atoms with Crippen molar-refractivity contribution in [2.24, 2.45) is 4.99 Å². The highest BCUT2D eigenvalue weighted by atomic mass is 35.5. The Balaban J connectivity index is 1.66. The molecular weight excluding hydrogens is 382 g/mol. The molecule has 0 saturated carbocycles. The molecule has 2 saturated heterocycles. The molecule has 2 aliphatic heterocycles. The quantitative estimate of drug-likeness (QED) is 0.519. The van der Waals surface area contributed by atoms with Gasteiger partial charge in [-0.1, -0.05) is 23.7 Å². The third-order valence-electron chi connectivity index (χ3n) is 6.18. The Bertz CT molecular complexity index is 648. The lowest BCUT2D eigenvalue weighted by Crippen LogP contribution is -2.50. The largest absolute Gasteiger partial charge is 0.357 e. The van der Waals surface area contributed by atoms with E-state index in [-0.39, 0.29) is 6.04 Å². The second-order valence-corrected chi connectivity index (χ2v) is 9.02. The van der Waals surface area contributed by atoms with Crippen molar-refractivity contribution in [3.63, 3.8) is 0 Å². The molecule has 0 radical (unpaired) electrons. The van der Waals surface area contributed by atoms with Crippen molar-refractivity contribution in [1.29, 1.82) is 0 Å². The van der Waals surface area contributed by atoms with Crippen molar-refractivity contribution in [3.05, 3.63) is 34.9 Å². The van der Waals surface area contributed by atoms with Gasteiger partial charge in [-0.2, -0.15) is 0 Å². The van der Waals surface area contributed by atoms with Gasteiger partial charge in [0, 0.05) is 36.7 Å². The lowest BCUT2D eigenvalue weighted by molar-refractivity contribution is 0.167. The molecule has 0 spiro atoms. The van der Waals surface area contributed by atoms with E-state index in [2.05, 4.69) is 59.4 Å². The summed E-state index contributed by atoms with van der Waals surface area (Å²) in [5, 5.41) is 7.95. The summed E-state index contributed by atoms with van der Waals surface area (Å²) in [7, 11) is 0. The topological polar surface area (TPSA) is 42.9 Å². The lowest BCUT2D eigenvalue weighted by atomic mass is 10.0. The Morgan fingerprint density at radius 2 is 1.86 bits per heavy atom. The Morgan fingerprint density at radius 3 is 2.48 bits per heavy atom. The fraction of sp³-hybridized carbons (Fsp3) is 0.696. The average molecular weight is 420 g/mol. The summed E-state index contributed by atoms with van der Waals surface area (Å²) in [6, 6.07) is 9.71. The summed E-state index contributed by atoms with van der Waals surface area (Å²) >= 11 is 6.29. The lowest BCUT2D eigenvalue weighted by Gasteiger charge is -2.35. The molecule has 2 N–H and O–H groups in total. The summed E-state index contributed by atoms with van der Waals surface area (Å²) in [5.41, 5.74) is 1.27. The molecule has 3 rings (SSSR count). The molecule has 2 heterocycles. The van der Waals surface area contributed by atoms with E-state index in [0.29, 0.717) is 12.1 Å². The first kappa shape index (κ1) is 22.4. The van der Waals surface area contributed by atoms with Crippen LogP contribution in [-0.4, -0.2) is 67.1 Å². The minimum absolute atomic E-state index is 0.287. The third kappa shape index (κ3) is 6.59. The van der Waals surface area contributed by atoms with Crippen molar-refractivity contribution in [3.8, 4) is 0 Å². The predicted molar refractivity (Wildman–Crippen MR) is 124 cm³/mol. The number of nitrogens with zero attached hydrogens (tertiary/aromatic N) is 3. The van der Waals surface area contributed by atoms with Gasteiger partial charge in [0.15, 0.2) is 5.96 Å². The molecule has 1 atom stereocenters. The maximum Gasteiger partial charge on any atom is 0.191 e. The van der Waals surface area contributed by atoms with Gasteiger partial charge >= 0.3 is 0 Å². The van der Waals surface area contributed by atoms with Crippen LogP contribution in [-0.2, 0) is 0 Å². The van der Waals surface area contributed by atoms with Crippen LogP contribution in [0.5, 0.6) is 0 Å². The van der Waals surface area contributed by atoms with E-state index in [1.54, 1.807) is 0 Å². The second kappa shape index (κ2) is 11.2. The van der Waals surface area contributed by atoms with Gasteiger partial charge in [-0.25, -0.2) is 0 Å². The number of guanidine groups is 1. The van der Waals surface area contributed by atoms with E-state index < -0.39 is 0 Å². The molecule has 0 aliphatic carbocycles. The van der Waals surface area contributed by atoms with Crippen molar-refractivity contribution in [2.45, 2.75) is 64.6 Å². The fourth-order valence-electron chi connectivity index (χ4n) is 4.45. The molecule has 1 aromatic rings. The standard InChI is InChI=1S/C23H38ClN5/c1-4-25-23(27-21-10-14-28(15-11-21)18(2)3)26-17-22(29-12-5-6-13-29)19-8-7-9-20(24)16-19/h7-9,16,18,21-22H,4-6,10-15,17H2,1-3H3,(H2,25,26,27). The SMILES string of the molecule is CCNC(=NCC(c1cccc(Cl)c1)N1CCCC1)NC1CCN(C(C)C)CC1. The van der Waals surface area contributed by atoms with E-state index in [4.69, 9.17) is 16.6 Å². The van der Waals surface area contributed by atoms with Crippen molar-refractivity contribution < 1.29 is 0 Å². The first-order valence-corrected chi connectivity index (χ1v) is 11.7. The number of halogens is 1. The van der Waals surface area contributed by atoms with E-state index >= 15 is 0 Å². The molecule has 0 amide bonds. The van der Waals surface area contributed by atoms with Crippen LogP contribution in [0.3, 0.4) is 0 Å². The number of benzene rings is 1. The van der Waals surface area contributed by atoms with Gasteiger partial charge in [0.25, 0.3) is 0 Å². The van der Waals surface area contributed by atoms with Gasteiger partial charge in [-0.15, -0.1) is 0 Å². The highest BCUT2D eigenvalue weighted by molar-refractivity contribution is 6.30. The number of hydrogen-bond acceptors (Lipinski definition) is 3. The van der Waals surface area contributed by atoms with Crippen LogP contribution in [0, 0.1) is 0 Å². The second-order valence-electron chi connectivity index (χ2n) is 8.58. The van der Waals surface area contributed by atoms with E-state index in [0.717, 1.165) is 50.3 Å². The number of aliphatic imine (C=N–C) groups is 1. The summed E-state index contributed by atoms with van der Waals surface area (Å²) in [6.07, 6.45) is 4.89. The van der Waals surface area contributed by atoms with Gasteiger partial charge in [0.1, 0.15) is 0 Å². The maximum atomic E-state index is 6.29. The zero-order valence-electron chi connectivity index (χ0n) is 18.3. The summed E-state index contributed by atoms with van der Waals surface area (Å²) in [6.45, 7) is 12.9. The van der Waals surface area contributed by atoms with Crippen LogP contribution < -0.4 is 10.6 Å². The number of nitrogens with one attached hydrogen (secondary N) is 2. The van der Waals surface area contributed by atoms with Gasteiger partial charge in [-0.05, 0) is 77.2 Å². The predicted octanol–water partition coefficient (Wildman–Crippen LogP) is 3.90. The molecule has 0 bridgehead atoms. The van der Waals surface area contributed by atoms with Crippen LogP contribution in [0.25, 0.3) is 0 Å². The van der Waals surface area contributed by atoms with Gasteiger partial charge < -0.3 is 15.5 Å². The average Bonchev–Trinajstić information content (AvgIpc) is 3.23. The smallest absolute Gasteiger partial charge is 0.191 e. The third-order valence-corrected chi connectivity index (χ3v) is 6.42. The molecule has 162 valence electrons. The molecule has 5 nitrogen and oxygen atoms in total. The van der Waals surface area contributed by atoms with Crippen molar-refractivity contribution in [2.75, 3.05) is 39.3 Å². The van der Waals surface area contributed by atoms with Crippen molar-refractivity contribution in [1.82, 2.24) is 20.4 Å². The molecule has 2 fully saturated rings. The normalized spacial score (nSPS) is 20.9. The molecule has 2 aliphatic rings. The molecule has 29 heavy (non-hydrogen) atoms. The summed E-state index contributed by atoms with van der Waals surface area (Å²) in [4.78, 5) is 10.1.